The summed E-state index contributed by atoms with van der Waals surface area (Å²) in [7, 11) is 1.92. The molecule has 0 aliphatic rings. The zero-order valence-electron chi connectivity index (χ0n) is 11.3. The van der Waals surface area contributed by atoms with E-state index in [9.17, 15) is 4.79 Å². The minimum atomic E-state index is -0.00620. The van der Waals surface area contributed by atoms with Crippen molar-refractivity contribution in [3.8, 4) is 0 Å². The summed E-state index contributed by atoms with van der Waals surface area (Å²) in [6, 6.07) is 9.90. The van der Waals surface area contributed by atoms with Crippen molar-refractivity contribution in [2.24, 2.45) is 0 Å². The van der Waals surface area contributed by atoms with Crippen molar-refractivity contribution in [2.45, 2.75) is 13.5 Å². The average Bonchev–Trinajstić information content (AvgIpc) is 2.68. The summed E-state index contributed by atoms with van der Waals surface area (Å²) in [5.74, 6) is -0.00620. The quantitative estimate of drug-likeness (QED) is 0.743. The Morgan fingerprint density at radius 3 is 2.65 bits per heavy atom. The molecular weight excluding hydrogens is 313 g/mol. The Morgan fingerprint density at radius 2 is 2.05 bits per heavy atom. The Bertz CT molecular complexity index is 624. The van der Waals surface area contributed by atoms with Crippen LogP contribution in [-0.2, 0) is 6.54 Å². The summed E-state index contributed by atoms with van der Waals surface area (Å²) >= 11 is 13.1. The normalized spacial score (nSPS) is 11.1. The number of hydrogen-bond acceptors (Lipinski definition) is 3. The fourth-order valence-corrected chi connectivity index (χ4v) is 3.54. The van der Waals surface area contributed by atoms with Gasteiger partial charge in [0.15, 0.2) is 5.78 Å². The van der Waals surface area contributed by atoms with Crippen LogP contribution in [0.15, 0.2) is 30.3 Å². The maximum atomic E-state index is 12.2. The largest absolute Gasteiger partial charge is 0.295 e. The van der Waals surface area contributed by atoms with Crippen LogP contribution in [0.3, 0.4) is 0 Å². The van der Waals surface area contributed by atoms with E-state index in [4.69, 9.17) is 23.2 Å². The monoisotopic (exact) mass is 327 g/mol. The minimum absolute atomic E-state index is 0.00620. The highest BCUT2D eigenvalue weighted by Crippen LogP contribution is 2.31. The topological polar surface area (TPSA) is 20.3 Å². The van der Waals surface area contributed by atoms with Gasteiger partial charge in [0.1, 0.15) is 4.34 Å². The third kappa shape index (κ3) is 4.06. The lowest BCUT2D eigenvalue weighted by Gasteiger charge is -2.16. The molecule has 0 amide bonds. The molecule has 0 saturated heterocycles. The number of halogens is 2. The fourth-order valence-electron chi connectivity index (χ4n) is 2.04. The molecule has 0 N–H and O–H groups in total. The molecule has 0 fully saturated rings. The van der Waals surface area contributed by atoms with Crippen molar-refractivity contribution in [3.05, 3.63) is 55.7 Å². The zero-order chi connectivity index (χ0) is 14.7. The minimum Gasteiger partial charge on any atom is -0.295 e. The SMILES string of the molecule is Cc1cccc(CN(C)CC(=O)c2cc(Cl)sc2Cl)c1. The van der Waals surface area contributed by atoms with E-state index in [1.165, 1.54) is 22.5 Å². The molecular formula is C15H15Cl2NOS. The van der Waals surface area contributed by atoms with Crippen molar-refractivity contribution >= 4 is 40.3 Å². The molecule has 20 heavy (non-hydrogen) atoms. The molecule has 0 atom stereocenters. The van der Waals surface area contributed by atoms with E-state index in [0.717, 1.165) is 6.54 Å². The second kappa shape index (κ2) is 6.72. The van der Waals surface area contributed by atoms with Crippen LogP contribution in [0.2, 0.25) is 8.67 Å². The summed E-state index contributed by atoms with van der Waals surface area (Å²) < 4.78 is 1.00. The number of benzene rings is 1. The number of aryl methyl sites for hydroxylation is 1. The van der Waals surface area contributed by atoms with Crippen molar-refractivity contribution in [2.75, 3.05) is 13.6 Å². The third-order valence-corrected chi connectivity index (χ3v) is 4.39. The number of likely N-dealkylation sites (N-methyl/N-ethyl adjacent to an activating group) is 1. The van der Waals surface area contributed by atoms with Crippen molar-refractivity contribution in [3.63, 3.8) is 0 Å². The van der Waals surface area contributed by atoms with Gasteiger partial charge in [0.25, 0.3) is 0 Å². The van der Waals surface area contributed by atoms with Gasteiger partial charge < -0.3 is 0 Å². The van der Waals surface area contributed by atoms with Gasteiger partial charge in [0.05, 0.1) is 16.4 Å². The van der Waals surface area contributed by atoms with Crippen LogP contribution >= 0.6 is 34.5 Å². The summed E-state index contributed by atoms with van der Waals surface area (Å²) in [4.78, 5) is 14.1. The van der Waals surface area contributed by atoms with Gasteiger partial charge in [-0.15, -0.1) is 11.3 Å². The van der Waals surface area contributed by atoms with Crippen LogP contribution < -0.4 is 0 Å². The molecule has 0 aliphatic heterocycles. The van der Waals surface area contributed by atoms with Gasteiger partial charge in [0, 0.05) is 6.54 Å². The standard InChI is InChI=1S/C15H15Cl2NOS/c1-10-4-3-5-11(6-10)8-18(2)9-13(19)12-7-14(16)20-15(12)17/h3-7H,8-9H2,1-2H3. The second-order valence-corrected chi connectivity index (χ2v) is 7.11. The first-order valence-corrected chi connectivity index (χ1v) is 7.75. The van der Waals surface area contributed by atoms with Gasteiger partial charge >= 0.3 is 0 Å². The average molecular weight is 328 g/mol. The van der Waals surface area contributed by atoms with E-state index in [-0.39, 0.29) is 5.78 Å². The Morgan fingerprint density at radius 1 is 1.30 bits per heavy atom. The fraction of sp³-hybridized carbons (Fsp3) is 0.267. The molecule has 0 aliphatic carbocycles. The molecule has 1 aromatic heterocycles. The first kappa shape index (κ1) is 15.5. The second-order valence-electron chi connectivity index (χ2n) is 4.82. The summed E-state index contributed by atoms with van der Waals surface area (Å²) in [5.41, 5.74) is 2.92. The maximum absolute atomic E-state index is 12.2. The summed E-state index contributed by atoms with van der Waals surface area (Å²) in [6.45, 7) is 3.10. The van der Waals surface area contributed by atoms with Crippen LogP contribution in [0.4, 0.5) is 0 Å². The molecule has 0 saturated carbocycles. The molecule has 5 heteroatoms. The number of carbonyl (C=O) groups is 1. The van der Waals surface area contributed by atoms with Gasteiger partial charge in [-0.1, -0.05) is 53.0 Å². The highest BCUT2D eigenvalue weighted by molar-refractivity contribution is 7.20. The predicted octanol–water partition coefficient (Wildman–Crippen LogP) is 4.68. The van der Waals surface area contributed by atoms with Crippen LogP contribution in [0.25, 0.3) is 0 Å². The highest BCUT2D eigenvalue weighted by atomic mass is 35.5. The number of rotatable bonds is 5. The van der Waals surface area contributed by atoms with Crippen LogP contribution in [0.1, 0.15) is 21.5 Å². The number of ketones is 1. The molecule has 2 aromatic rings. The van der Waals surface area contributed by atoms with Crippen molar-refractivity contribution in [1.82, 2.24) is 4.90 Å². The molecule has 2 nitrogen and oxygen atoms in total. The van der Waals surface area contributed by atoms with Gasteiger partial charge in [-0.3, -0.25) is 9.69 Å². The Labute approximate surface area is 132 Å². The number of carbonyl (C=O) groups excluding carboxylic acids is 1. The molecule has 1 heterocycles. The Balaban J connectivity index is 1.99. The Hall–Kier alpha value is -0.870. The number of thiophene rings is 1. The van der Waals surface area contributed by atoms with Crippen LogP contribution in [0.5, 0.6) is 0 Å². The number of Topliss-reactive ketones (excluding diaryl/α,β-unsaturated/α-hetero) is 1. The van der Waals surface area contributed by atoms with Gasteiger partial charge in [-0.25, -0.2) is 0 Å². The van der Waals surface area contributed by atoms with E-state index in [2.05, 4.69) is 25.1 Å². The van der Waals surface area contributed by atoms with Gasteiger partial charge in [-0.2, -0.15) is 0 Å². The predicted molar refractivity (Wildman–Crippen MR) is 86.2 cm³/mol. The smallest absolute Gasteiger partial charge is 0.179 e. The number of nitrogens with zero attached hydrogens (tertiary/aromatic N) is 1. The molecule has 0 radical (unpaired) electrons. The van der Waals surface area contributed by atoms with E-state index in [1.807, 2.05) is 18.0 Å². The van der Waals surface area contributed by atoms with E-state index in [0.29, 0.717) is 20.8 Å². The number of hydrogen-bond donors (Lipinski definition) is 0. The summed E-state index contributed by atoms with van der Waals surface area (Å²) in [6.07, 6.45) is 0. The molecule has 0 unspecified atom stereocenters. The van der Waals surface area contributed by atoms with Crippen LogP contribution in [-0.4, -0.2) is 24.3 Å². The third-order valence-electron chi connectivity index (χ3n) is 2.91. The first-order chi connectivity index (χ1) is 9.45. The lowest BCUT2D eigenvalue weighted by molar-refractivity contribution is 0.0943. The maximum Gasteiger partial charge on any atom is 0.179 e. The van der Waals surface area contributed by atoms with Gasteiger partial charge in [-0.05, 0) is 25.6 Å². The Kier molecular flexibility index (Phi) is 5.22. The highest BCUT2D eigenvalue weighted by Gasteiger charge is 2.16. The lowest BCUT2D eigenvalue weighted by atomic mass is 10.1. The molecule has 106 valence electrons. The zero-order valence-corrected chi connectivity index (χ0v) is 13.6. The van der Waals surface area contributed by atoms with E-state index in [1.54, 1.807) is 6.07 Å². The summed E-state index contributed by atoms with van der Waals surface area (Å²) in [5, 5.41) is 0. The first-order valence-electron chi connectivity index (χ1n) is 6.18. The van der Waals surface area contributed by atoms with E-state index >= 15 is 0 Å². The molecule has 0 bridgehead atoms. The van der Waals surface area contributed by atoms with Gasteiger partial charge in [0.2, 0.25) is 0 Å². The van der Waals surface area contributed by atoms with Crippen molar-refractivity contribution < 1.29 is 4.79 Å². The molecule has 2 rings (SSSR count). The van der Waals surface area contributed by atoms with Crippen molar-refractivity contribution in [1.29, 1.82) is 0 Å². The molecule has 1 aromatic carbocycles. The molecule has 0 spiro atoms. The van der Waals surface area contributed by atoms with E-state index < -0.39 is 0 Å². The van der Waals surface area contributed by atoms with Crippen LogP contribution in [0, 0.1) is 6.92 Å². The lowest BCUT2D eigenvalue weighted by Crippen LogP contribution is -2.25.